The van der Waals surface area contributed by atoms with Gasteiger partial charge in [0.1, 0.15) is 12.4 Å². The highest BCUT2D eigenvalue weighted by Gasteiger charge is 2.37. The number of ether oxygens (including phenoxy) is 2. The summed E-state index contributed by atoms with van der Waals surface area (Å²) >= 11 is 0. The first-order chi connectivity index (χ1) is 17.6. The maximum absolute atomic E-state index is 13.2. The van der Waals surface area contributed by atoms with E-state index in [1.165, 1.54) is 11.6 Å². The lowest BCUT2D eigenvalue weighted by Crippen LogP contribution is -2.25. The van der Waals surface area contributed by atoms with Crippen molar-refractivity contribution in [2.24, 2.45) is 0 Å². The quantitative estimate of drug-likeness (QED) is 0.235. The second-order valence-corrected chi connectivity index (χ2v) is 9.39. The standard InChI is InChI=1S/C30H35F3O4/c1-4-18-36-27-14-11-23(19-28(27)37-21(3)5-2)9-6-8-22-10-7-16-29(35,17-15-22)24-12-13-26(34)25(20-24)30(31,32)33/h4,10-14,19-20,34-35H,1,3,5-9,15-18H2,2H3. The van der Waals surface area contributed by atoms with Gasteiger partial charge in [-0.15, -0.1) is 0 Å². The van der Waals surface area contributed by atoms with E-state index in [2.05, 4.69) is 19.2 Å². The smallest absolute Gasteiger partial charge is 0.419 e. The third kappa shape index (κ3) is 7.65. The van der Waals surface area contributed by atoms with E-state index in [0.29, 0.717) is 56.0 Å². The molecule has 4 nitrogen and oxygen atoms in total. The molecule has 0 fully saturated rings. The Bertz CT molecular complexity index is 1140. The molecule has 3 rings (SSSR count). The summed E-state index contributed by atoms with van der Waals surface area (Å²) in [5.41, 5.74) is -0.0250. The van der Waals surface area contributed by atoms with E-state index in [1.54, 1.807) is 6.08 Å². The van der Waals surface area contributed by atoms with Crippen LogP contribution < -0.4 is 9.47 Å². The summed E-state index contributed by atoms with van der Waals surface area (Å²) in [6, 6.07) is 9.11. The van der Waals surface area contributed by atoms with E-state index in [0.717, 1.165) is 37.0 Å². The number of hydrogen-bond donors (Lipinski definition) is 2. The normalized spacial score (nSPS) is 18.0. The van der Waals surface area contributed by atoms with Crippen LogP contribution in [0.4, 0.5) is 13.2 Å². The molecular weight excluding hydrogens is 481 g/mol. The van der Waals surface area contributed by atoms with Crippen molar-refractivity contribution in [3.63, 3.8) is 0 Å². The van der Waals surface area contributed by atoms with Gasteiger partial charge in [-0.3, -0.25) is 0 Å². The molecule has 0 bridgehead atoms. The van der Waals surface area contributed by atoms with Crippen LogP contribution >= 0.6 is 0 Å². The minimum Gasteiger partial charge on any atom is -0.507 e. The summed E-state index contributed by atoms with van der Waals surface area (Å²) in [6.45, 7) is 9.93. The molecule has 0 aliphatic heterocycles. The van der Waals surface area contributed by atoms with Crippen LogP contribution in [0, 0.1) is 0 Å². The van der Waals surface area contributed by atoms with Gasteiger partial charge in [-0.2, -0.15) is 13.2 Å². The monoisotopic (exact) mass is 516 g/mol. The minimum atomic E-state index is -4.69. The number of aryl methyl sites for hydroxylation is 1. The number of benzene rings is 2. The molecule has 1 atom stereocenters. The molecule has 37 heavy (non-hydrogen) atoms. The zero-order chi connectivity index (χ0) is 27.1. The van der Waals surface area contributed by atoms with Crippen LogP contribution in [0.1, 0.15) is 68.6 Å². The largest absolute Gasteiger partial charge is 0.507 e. The molecule has 2 aromatic carbocycles. The number of hydrogen-bond acceptors (Lipinski definition) is 4. The van der Waals surface area contributed by atoms with Crippen molar-refractivity contribution in [1.82, 2.24) is 0 Å². The first-order valence-corrected chi connectivity index (χ1v) is 12.6. The number of rotatable bonds is 11. The highest BCUT2D eigenvalue weighted by atomic mass is 19.4. The molecule has 7 heteroatoms. The molecule has 0 aromatic heterocycles. The third-order valence-corrected chi connectivity index (χ3v) is 6.67. The highest BCUT2D eigenvalue weighted by molar-refractivity contribution is 5.44. The fourth-order valence-electron chi connectivity index (χ4n) is 4.48. The van der Waals surface area contributed by atoms with Crippen molar-refractivity contribution < 1.29 is 32.9 Å². The van der Waals surface area contributed by atoms with Crippen molar-refractivity contribution >= 4 is 0 Å². The first kappa shape index (κ1) is 28.4. The Balaban J connectivity index is 1.61. The van der Waals surface area contributed by atoms with Crippen LogP contribution in [0.2, 0.25) is 0 Å². The van der Waals surface area contributed by atoms with Crippen molar-refractivity contribution in [3.05, 3.63) is 89.7 Å². The van der Waals surface area contributed by atoms with E-state index in [-0.39, 0.29) is 5.56 Å². The predicted molar refractivity (Wildman–Crippen MR) is 139 cm³/mol. The molecule has 0 spiro atoms. The Labute approximate surface area is 216 Å². The van der Waals surface area contributed by atoms with Crippen molar-refractivity contribution in [1.29, 1.82) is 0 Å². The van der Waals surface area contributed by atoms with E-state index in [1.807, 2.05) is 25.1 Å². The van der Waals surface area contributed by atoms with Crippen molar-refractivity contribution in [3.8, 4) is 17.2 Å². The van der Waals surface area contributed by atoms with Crippen LogP contribution in [0.25, 0.3) is 0 Å². The Hall–Kier alpha value is -3.19. The molecule has 0 saturated heterocycles. The summed E-state index contributed by atoms with van der Waals surface area (Å²) in [5.74, 6) is 1.07. The third-order valence-electron chi connectivity index (χ3n) is 6.67. The number of phenols is 1. The number of allylic oxidation sites excluding steroid dienone is 3. The molecule has 1 aliphatic carbocycles. The van der Waals surface area contributed by atoms with Gasteiger partial charge in [-0.05, 0) is 80.3 Å². The molecule has 2 aromatic rings. The lowest BCUT2D eigenvalue weighted by molar-refractivity contribution is -0.139. The van der Waals surface area contributed by atoms with Gasteiger partial charge >= 0.3 is 6.18 Å². The first-order valence-electron chi connectivity index (χ1n) is 12.6. The summed E-state index contributed by atoms with van der Waals surface area (Å²) in [6.07, 6.45) is 4.10. The van der Waals surface area contributed by atoms with Crippen molar-refractivity contribution in [2.45, 2.75) is 70.1 Å². The van der Waals surface area contributed by atoms with Gasteiger partial charge in [0.15, 0.2) is 11.5 Å². The van der Waals surface area contributed by atoms with Gasteiger partial charge < -0.3 is 19.7 Å². The summed E-state index contributed by atoms with van der Waals surface area (Å²) in [4.78, 5) is 0. The Morgan fingerprint density at radius 1 is 1.11 bits per heavy atom. The number of aliphatic hydroxyl groups is 1. The molecule has 0 amide bonds. The molecule has 0 radical (unpaired) electrons. The zero-order valence-electron chi connectivity index (χ0n) is 21.2. The van der Waals surface area contributed by atoms with Crippen molar-refractivity contribution in [2.75, 3.05) is 6.61 Å². The van der Waals surface area contributed by atoms with Gasteiger partial charge in [-0.1, -0.05) is 49.9 Å². The number of halogens is 3. The molecule has 1 aliphatic rings. The van der Waals surface area contributed by atoms with Crippen LogP contribution in [0.3, 0.4) is 0 Å². The van der Waals surface area contributed by atoms with Gasteiger partial charge in [0.2, 0.25) is 0 Å². The summed E-state index contributed by atoms with van der Waals surface area (Å²) < 4.78 is 51.3. The van der Waals surface area contributed by atoms with Crippen LogP contribution in [0.15, 0.2) is 73.0 Å². The second-order valence-electron chi connectivity index (χ2n) is 9.39. The van der Waals surface area contributed by atoms with Gasteiger partial charge in [0.05, 0.1) is 16.9 Å². The average Bonchev–Trinajstić information content (AvgIpc) is 3.05. The number of phenolic OH excluding ortho intramolecular Hbond substituents is 1. The topological polar surface area (TPSA) is 58.9 Å². The molecular formula is C30H35F3O4. The predicted octanol–water partition coefficient (Wildman–Crippen LogP) is 7.99. The van der Waals surface area contributed by atoms with Gasteiger partial charge in [0, 0.05) is 6.42 Å². The van der Waals surface area contributed by atoms with Gasteiger partial charge in [-0.25, -0.2) is 0 Å². The summed E-state index contributed by atoms with van der Waals surface area (Å²) in [7, 11) is 0. The lowest BCUT2D eigenvalue weighted by atomic mass is 9.85. The van der Waals surface area contributed by atoms with E-state index in [4.69, 9.17) is 9.47 Å². The van der Waals surface area contributed by atoms with E-state index >= 15 is 0 Å². The fraction of sp³-hybridized carbons (Fsp3) is 0.400. The lowest BCUT2D eigenvalue weighted by Gasteiger charge is -2.28. The minimum absolute atomic E-state index is 0.187. The molecule has 0 heterocycles. The molecule has 200 valence electrons. The number of aromatic hydroxyl groups is 1. The maximum Gasteiger partial charge on any atom is 0.419 e. The average molecular weight is 517 g/mol. The zero-order valence-corrected chi connectivity index (χ0v) is 21.2. The molecule has 0 saturated carbocycles. The summed E-state index contributed by atoms with van der Waals surface area (Å²) in [5, 5.41) is 20.8. The Morgan fingerprint density at radius 2 is 1.89 bits per heavy atom. The fourth-order valence-corrected chi connectivity index (χ4v) is 4.48. The second kappa shape index (κ2) is 12.4. The SMILES string of the molecule is C=CCOc1ccc(CCCC2=CCCC(O)(c3ccc(O)c(C(F)(F)F)c3)CC2)cc1OC(=C)CC. The molecule has 2 N–H and O–H groups in total. The number of alkyl halides is 3. The highest BCUT2D eigenvalue weighted by Crippen LogP contribution is 2.42. The Morgan fingerprint density at radius 3 is 2.59 bits per heavy atom. The van der Waals surface area contributed by atoms with Crippen LogP contribution in [-0.2, 0) is 18.2 Å². The molecule has 1 unspecified atom stereocenters. The maximum atomic E-state index is 13.2. The van der Waals surface area contributed by atoms with Gasteiger partial charge in [0.25, 0.3) is 0 Å². The van der Waals surface area contributed by atoms with E-state index in [9.17, 15) is 23.4 Å². The van der Waals surface area contributed by atoms with Crippen LogP contribution in [0.5, 0.6) is 17.2 Å². The van der Waals surface area contributed by atoms with Crippen LogP contribution in [-0.4, -0.2) is 16.8 Å². The van der Waals surface area contributed by atoms with E-state index < -0.39 is 23.1 Å². The Kier molecular flexibility index (Phi) is 9.49.